The lowest BCUT2D eigenvalue weighted by molar-refractivity contribution is 0.0594. The van der Waals surface area contributed by atoms with Crippen LogP contribution in [-0.4, -0.2) is 22.3 Å². The van der Waals surface area contributed by atoms with E-state index in [4.69, 9.17) is 0 Å². The van der Waals surface area contributed by atoms with Gasteiger partial charge in [0.15, 0.2) is 5.69 Å². The highest BCUT2D eigenvalue weighted by molar-refractivity contribution is 7.54. The topological polar surface area (TPSA) is 68.6 Å². The predicted octanol–water partition coefficient (Wildman–Crippen LogP) is 0.896. The van der Waals surface area contributed by atoms with Crippen LogP contribution >= 0.6 is 0 Å². The van der Waals surface area contributed by atoms with Gasteiger partial charge in [-0.1, -0.05) is 0 Å². The Bertz CT molecular complexity index is 374. The Morgan fingerprint density at radius 3 is 3.08 bits per heavy atom. The van der Waals surface area contributed by atoms with Crippen LogP contribution in [0.1, 0.15) is 10.5 Å². The van der Waals surface area contributed by atoms with Gasteiger partial charge in [-0.05, 0) is 12.1 Å². The van der Waals surface area contributed by atoms with Crippen molar-refractivity contribution in [2.45, 2.75) is 0 Å². The molecule has 0 saturated carbocycles. The first-order valence-electron chi connectivity index (χ1n) is 3.32. The number of pyridine rings is 1. The number of nitrogens with zero attached hydrogens (tertiary/aromatic N) is 2. The summed E-state index contributed by atoms with van der Waals surface area (Å²) in [6.07, 6.45) is 1.39. The van der Waals surface area contributed by atoms with E-state index >= 15 is 0 Å². The summed E-state index contributed by atoms with van der Waals surface area (Å²) in [5.74, 6) is -0.548. The van der Waals surface area contributed by atoms with E-state index in [9.17, 15) is 9.00 Å². The molecule has 0 saturated heterocycles. The van der Waals surface area contributed by atoms with Gasteiger partial charge in [-0.25, -0.2) is 9.78 Å². The maximum Gasteiger partial charge on any atom is 0.356 e. The minimum atomic E-state index is -0.548. The van der Waals surface area contributed by atoms with Crippen LogP contribution in [0.15, 0.2) is 22.7 Å². The molecule has 0 spiro atoms. The van der Waals surface area contributed by atoms with Crippen molar-refractivity contribution in [2.75, 3.05) is 7.11 Å². The van der Waals surface area contributed by atoms with Gasteiger partial charge in [0, 0.05) is 6.20 Å². The maximum absolute atomic E-state index is 11.0. The molecule has 68 valence electrons. The first-order valence-corrected chi connectivity index (χ1v) is 4.02. The van der Waals surface area contributed by atoms with E-state index < -0.39 is 5.97 Å². The summed E-state index contributed by atoms with van der Waals surface area (Å²) < 4.78 is 18.0. The summed E-state index contributed by atoms with van der Waals surface area (Å²) in [6.45, 7) is 0. The Balaban J connectivity index is 3.04. The van der Waals surface area contributed by atoms with Crippen molar-refractivity contribution >= 4 is 23.1 Å². The van der Waals surface area contributed by atoms with Crippen molar-refractivity contribution < 1.29 is 13.7 Å². The van der Waals surface area contributed by atoms with Crippen LogP contribution in [0.3, 0.4) is 0 Å². The molecular weight excluding hydrogens is 192 g/mol. The van der Waals surface area contributed by atoms with E-state index in [-0.39, 0.29) is 17.2 Å². The van der Waals surface area contributed by atoms with Gasteiger partial charge in [-0.15, -0.1) is 0 Å². The highest BCUT2D eigenvalue weighted by atomic mass is 32.1. The zero-order valence-corrected chi connectivity index (χ0v) is 7.58. The average Bonchev–Trinajstić information content (AvgIpc) is 2.18. The monoisotopic (exact) mass is 198 g/mol. The number of rotatable bonds is 2. The van der Waals surface area contributed by atoms with Crippen molar-refractivity contribution in [3.8, 4) is 0 Å². The zero-order chi connectivity index (χ0) is 9.68. The molecule has 0 bridgehead atoms. The van der Waals surface area contributed by atoms with E-state index in [1.807, 2.05) is 0 Å². The number of ether oxygens (including phenoxy) is 1. The summed E-state index contributed by atoms with van der Waals surface area (Å²) in [5, 5.41) is 0. The minimum Gasteiger partial charge on any atom is -0.464 e. The van der Waals surface area contributed by atoms with Gasteiger partial charge in [0.2, 0.25) is 11.5 Å². The molecule has 0 aliphatic heterocycles. The Morgan fingerprint density at radius 1 is 1.69 bits per heavy atom. The van der Waals surface area contributed by atoms with Crippen LogP contribution in [-0.2, 0) is 16.2 Å². The third-order valence-corrected chi connectivity index (χ3v) is 1.57. The predicted molar refractivity (Wildman–Crippen MR) is 45.8 cm³/mol. The molecular formula is C7H6N2O3S. The van der Waals surface area contributed by atoms with Gasteiger partial charge >= 0.3 is 5.97 Å². The van der Waals surface area contributed by atoms with Gasteiger partial charge in [0.1, 0.15) is 0 Å². The van der Waals surface area contributed by atoms with E-state index in [0.717, 1.165) is 0 Å². The lowest BCUT2D eigenvalue weighted by atomic mass is 10.3. The lowest BCUT2D eigenvalue weighted by Crippen LogP contribution is -2.02. The quantitative estimate of drug-likeness (QED) is 0.662. The van der Waals surface area contributed by atoms with Crippen LogP contribution in [0.25, 0.3) is 0 Å². The summed E-state index contributed by atoms with van der Waals surface area (Å²) in [6, 6.07) is 2.91. The van der Waals surface area contributed by atoms with Crippen molar-refractivity contribution in [2.24, 2.45) is 4.36 Å². The summed E-state index contributed by atoms with van der Waals surface area (Å²) in [7, 11) is 1.26. The summed E-state index contributed by atoms with van der Waals surface area (Å²) >= 11 is 0.0778. The molecule has 0 fully saturated rings. The summed E-state index contributed by atoms with van der Waals surface area (Å²) in [4.78, 5) is 14.7. The van der Waals surface area contributed by atoms with E-state index in [2.05, 4.69) is 14.1 Å². The molecule has 13 heavy (non-hydrogen) atoms. The third-order valence-electron chi connectivity index (χ3n) is 1.28. The van der Waals surface area contributed by atoms with Gasteiger partial charge in [0.25, 0.3) is 0 Å². The molecule has 6 heteroatoms. The Morgan fingerprint density at radius 2 is 2.46 bits per heavy atom. The van der Waals surface area contributed by atoms with E-state index in [1.165, 1.54) is 25.4 Å². The van der Waals surface area contributed by atoms with Crippen LogP contribution in [0, 0.1) is 0 Å². The van der Waals surface area contributed by atoms with Crippen LogP contribution in [0.5, 0.6) is 0 Å². The number of methoxy groups -OCH3 is 1. The molecule has 0 radical (unpaired) electrons. The van der Waals surface area contributed by atoms with Crippen molar-refractivity contribution in [1.29, 1.82) is 0 Å². The number of hydrogen-bond donors (Lipinski definition) is 0. The van der Waals surface area contributed by atoms with Crippen LogP contribution < -0.4 is 0 Å². The molecule has 0 N–H and O–H groups in total. The second-order valence-corrected chi connectivity index (χ2v) is 2.39. The van der Waals surface area contributed by atoms with Crippen molar-refractivity contribution in [3.05, 3.63) is 24.0 Å². The molecule has 0 atom stereocenters. The zero-order valence-electron chi connectivity index (χ0n) is 6.76. The largest absolute Gasteiger partial charge is 0.464 e. The Kier molecular flexibility index (Phi) is 3.27. The molecule has 0 aromatic carbocycles. The molecule has 1 aromatic rings. The van der Waals surface area contributed by atoms with Gasteiger partial charge < -0.3 is 4.74 Å². The van der Waals surface area contributed by atoms with Crippen LogP contribution in [0.4, 0.5) is 5.69 Å². The molecule has 0 aliphatic carbocycles. The first-order chi connectivity index (χ1) is 6.27. The standard InChI is InChI=1S/C7H6N2O3S/c1-12-7(10)6-4-5(9-13-11)2-3-8-6/h2-4H,1H3. The van der Waals surface area contributed by atoms with E-state index in [0.29, 0.717) is 5.69 Å². The Hall–Kier alpha value is -1.56. The Labute approximate surface area is 78.0 Å². The molecule has 5 nitrogen and oxygen atoms in total. The van der Waals surface area contributed by atoms with Gasteiger partial charge in [-0.2, -0.15) is 8.57 Å². The highest BCUT2D eigenvalue weighted by Gasteiger charge is 2.06. The number of hydrogen-bond acceptors (Lipinski definition) is 5. The minimum absolute atomic E-state index is 0.0778. The number of aromatic nitrogens is 1. The lowest BCUT2D eigenvalue weighted by Gasteiger charge is -1.97. The van der Waals surface area contributed by atoms with Crippen molar-refractivity contribution in [1.82, 2.24) is 4.98 Å². The average molecular weight is 198 g/mol. The smallest absolute Gasteiger partial charge is 0.356 e. The molecule has 0 unspecified atom stereocenters. The first kappa shape index (κ1) is 9.53. The number of carbonyl (C=O) groups excluding carboxylic acids is 1. The fraction of sp³-hybridized carbons (Fsp3) is 0.143. The fourth-order valence-electron chi connectivity index (χ4n) is 0.735. The summed E-state index contributed by atoms with van der Waals surface area (Å²) in [5.41, 5.74) is 0.535. The molecule has 0 amide bonds. The van der Waals surface area contributed by atoms with Gasteiger partial charge in [0.05, 0.1) is 12.8 Å². The van der Waals surface area contributed by atoms with E-state index in [1.54, 1.807) is 0 Å². The highest BCUT2D eigenvalue weighted by Crippen LogP contribution is 2.11. The molecule has 1 heterocycles. The number of esters is 1. The van der Waals surface area contributed by atoms with Gasteiger partial charge in [-0.3, -0.25) is 0 Å². The number of carbonyl (C=O) groups is 1. The third kappa shape index (κ3) is 2.45. The second kappa shape index (κ2) is 4.46. The van der Waals surface area contributed by atoms with Crippen LogP contribution in [0.2, 0.25) is 0 Å². The SMILES string of the molecule is COC(=O)c1cc(N=S=O)ccn1. The second-order valence-electron chi connectivity index (χ2n) is 2.06. The molecule has 1 aromatic heterocycles. The maximum atomic E-state index is 11.0. The van der Waals surface area contributed by atoms with Crippen molar-refractivity contribution in [3.63, 3.8) is 0 Å². The normalized spacial score (nSPS) is 9.00. The molecule has 0 aliphatic rings. The molecule has 1 rings (SSSR count). The fourth-order valence-corrected chi connectivity index (χ4v) is 0.935.